The second-order valence-electron chi connectivity index (χ2n) is 6.57. The maximum absolute atomic E-state index is 13.6. The molecule has 0 aliphatic carbocycles. The van der Waals surface area contributed by atoms with Gasteiger partial charge in [0.1, 0.15) is 10.8 Å². The Hall–Kier alpha value is -3.79. The van der Waals surface area contributed by atoms with Crippen LogP contribution in [-0.2, 0) is 9.59 Å². The molecule has 0 aliphatic heterocycles. The molecule has 2 aromatic heterocycles. The number of hydrogen-bond acceptors (Lipinski definition) is 6. The summed E-state index contributed by atoms with van der Waals surface area (Å²) in [5.41, 5.74) is 2.35. The van der Waals surface area contributed by atoms with E-state index in [2.05, 4.69) is 25.9 Å². The number of hydrogen-bond donors (Lipinski definition) is 2. The summed E-state index contributed by atoms with van der Waals surface area (Å²) < 4.78 is 15.1. The zero-order chi connectivity index (χ0) is 21.8. The van der Waals surface area contributed by atoms with E-state index in [0.717, 1.165) is 0 Å². The summed E-state index contributed by atoms with van der Waals surface area (Å²) in [7, 11) is 0. The van der Waals surface area contributed by atoms with Gasteiger partial charge in [0.25, 0.3) is 0 Å². The molecule has 8 nitrogen and oxygen atoms in total. The van der Waals surface area contributed by atoms with Crippen LogP contribution in [0.25, 0.3) is 17.0 Å². The van der Waals surface area contributed by atoms with Crippen molar-refractivity contribution < 1.29 is 14.0 Å². The summed E-state index contributed by atoms with van der Waals surface area (Å²) in [5, 5.41) is 18.7. The predicted molar refractivity (Wildman–Crippen MR) is 116 cm³/mol. The smallest absolute Gasteiger partial charge is 0.234 e. The molecule has 0 unspecified atom stereocenters. The first kappa shape index (κ1) is 20.5. The van der Waals surface area contributed by atoms with E-state index in [1.165, 1.54) is 35.3 Å². The number of benzene rings is 2. The maximum atomic E-state index is 13.6. The van der Waals surface area contributed by atoms with Gasteiger partial charge in [0.05, 0.1) is 5.75 Å². The van der Waals surface area contributed by atoms with Crippen molar-refractivity contribution in [3.8, 4) is 11.4 Å². The van der Waals surface area contributed by atoms with Gasteiger partial charge in [-0.3, -0.25) is 9.59 Å². The molecule has 2 aromatic carbocycles. The Morgan fingerprint density at radius 3 is 2.45 bits per heavy atom. The summed E-state index contributed by atoms with van der Waals surface area (Å²) in [6.07, 6.45) is 0. The van der Waals surface area contributed by atoms with Crippen LogP contribution in [0.15, 0.2) is 65.7 Å². The van der Waals surface area contributed by atoms with Crippen LogP contribution in [0, 0.1) is 5.82 Å². The topological polar surface area (TPSA) is 101 Å². The first-order valence-corrected chi connectivity index (χ1v) is 10.3. The van der Waals surface area contributed by atoms with Crippen LogP contribution < -0.4 is 10.6 Å². The first-order chi connectivity index (χ1) is 15.0. The Balaban J connectivity index is 1.42. The number of thioether (sulfide) groups is 1. The Kier molecular flexibility index (Phi) is 5.89. The number of nitrogens with one attached hydrogen (secondary N) is 2. The highest BCUT2D eigenvalue weighted by atomic mass is 32.2. The molecular weight excluding hydrogens is 419 g/mol. The summed E-state index contributed by atoms with van der Waals surface area (Å²) in [6.45, 7) is 1.43. The Labute approximate surface area is 180 Å². The Morgan fingerprint density at radius 2 is 1.74 bits per heavy atom. The van der Waals surface area contributed by atoms with E-state index in [-0.39, 0.29) is 23.4 Å². The summed E-state index contributed by atoms with van der Waals surface area (Å²) in [4.78, 5) is 23.3. The molecule has 156 valence electrons. The van der Waals surface area contributed by atoms with Gasteiger partial charge in [-0.2, -0.15) is 9.61 Å². The van der Waals surface area contributed by atoms with Gasteiger partial charge in [0, 0.05) is 23.9 Å². The largest absolute Gasteiger partial charge is 0.326 e. The first-order valence-electron chi connectivity index (χ1n) is 9.27. The predicted octanol–water partition coefficient (Wildman–Crippen LogP) is 3.62. The summed E-state index contributed by atoms with van der Waals surface area (Å²) in [5.74, 6) is -0.176. The summed E-state index contributed by atoms with van der Waals surface area (Å²) >= 11 is 1.25. The van der Waals surface area contributed by atoms with Crippen molar-refractivity contribution in [3.05, 3.63) is 66.5 Å². The van der Waals surface area contributed by atoms with Crippen LogP contribution in [0.4, 0.5) is 15.8 Å². The molecule has 0 spiro atoms. The van der Waals surface area contributed by atoms with E-state index in [1.807, 2.05) is 0 Å². The third kappa shape index (κ3) is 5.04. The fraction of sp³-hybridized carbons (Fsp3) is 0.0952. The molecule has 31 heavy (non-hydrogen) atoms. The van der Waals surface area contributed by atoms with Gasteiger partial charge >= 0.3 is 0 Å². The number of carbonyl (C=O) groups is 2. The lowest BCUT2D eigenvalue weighted by Crippen LogP contribution is -2.14. The van der Waals surface area contributed by atoms with Gasteiger partial charge in [0.15, 0.2) is 11.5 Å². The lowest BCUT2D eigenvalue weighted by atomic mass is 10.2. The number of fused-ring (bicyclic) bond motifs is 1. The molecule has 2 N–H and O–H groups in total. The second-order valence-corrected chi connectivity index (χ2v) is 7.57. The van der Waals surface area contributed by atoms with Gasteiger partial charge < -0.3 is 10.6 Å². The zero-order valence-electron chi connectivity index (χ0n) is 16.4. The fourth-order valence-corrected chi connectivity index (χ4v) is 3.49. The molecule has 4 aromatic rings. The monoisotopic (exact) mass is 436 g/mol. The Bertz CT molecular complexity index is 1260. The Morgan fingerprint density at radius 1 is 1.00 bits per heavy atom. The van der Waals surface area contributed by atoms with E-state index >= 15 is 0 Å². The van der Waals surface area contributed by atoms with Gasteiger partial charge in [-0.25, -0.2) is 4.39 Å². The minimum absolute atomic E-state index is 0.142. The molecule has 0 saturated heterocycles. The van der Waals surface area contributed by atoms with Crippen LogP contribution >= 0.6 is 11.8 Å². The van der Waals surface area contributed by atoms with Crippen LogP contribution in [0.1, 0.15) is 6.92 Å². The molecular formula is C21H17FN6O2S. The maximum Gasteiger partial charge on any atom is 0.234 e. The van der Waals surface area contributed by atoms with Crippen molar-refractivity contribution >= 4 is 40.6 Å². The van der Waals surface area contributed by atoms with E-state index in [0.29, 0.717) is 33.4 Å². The average Bonchev–Trinajstić information content (AvgIpc) is 3.17. The van der Waals surface area contributed by atoms with Crippen molar-refractivity contribution in [1.82, 2.24) is 19.8 Å². The van der Waals surface area contributed by atoms with Gasteiger partial charge in [-0.15, -0.1) is 10.2 Å². The highest BCUT2D eigenvalue weighted by Gasteiger charge is 2.12. The number of amides is 2. The quantitative estimate of drug-likeness (QED) is 0.448. The van der Waals surface area contributed by atoms with Crippen LogP contribution in [0.5, 0.6) is 0 Å². The zero-order valence-corrected chi connectivity index (χ0v) is 17.2. The molecule has 0 atom stereocenters. The van der Waals surface area contributed by atoms with E-state index in [4.69, 9.17) is 0 Å². The molecule has 2 heterocycles. The van der Waals surface area contributed by atoms with E-state index < -0.39 is 0 Å². The molecule has 2 amide bonds. The lowest BCUT2D eigenvalue weighted by Gasteiger charge is -2.07. The number of aromatic nitrogens is 4. The molecule has 0 bridgehead atoms. The molecule has 0 fully saturated rings. The molecule has 0 saturated carbocycles. The van der Waals surface area contributed by atoms with Crippen molar-refractivity contribution in [3.63, 3.8) is 0 Å². The number of rotatable bonds is 6. The van der Waals surface area contributed by atoms with Crippen molar-refractivity contribution in [1.29, 1.82) is 0 Å². The third-order valence-corrected chi connectivity index (χ3v) is 5.08. The van der Waals surface area contributed by atoms with Gasteiger partial charge in [0.2, 0.25) is 11.8 Å². The van der Waals surface area contributed by atoms with Crippen molar-refractivity contribution in [2.24, 2.45) is 0 Å². The molecule has 0 radical (unpaired) electrons. The van der Waals surface area contributed by atoms with Crippen LogP contribution in [0.2, 0.25) is 0 Å². The van der Waals surface area contributed by atoms with Crippen molar-refractivity contribution in [2.75, 3.05) is 16.4 Å². The highest BCUT2D eigenvalue weighted by Crippen LogP contribution is 2.22. The SMILES string of the molecule is CC(=O)Nc1ccc(NC(=O)CSc2ccc3nnc(-c4cccc(F)c4)n3n2)cc1. The van der Waals surface area contributed by atoms with Gasteiger partial charge in [-0.05, 0) is 48.5 Å². The van der Waals surface area contributed by atoms with E-state index in [9.17, 15) is 14.0 Å². The summed E-state index contributed by atoms with van der Waals surface area (Å²) in [6, 6.07) is 16.4. The normalized spacial score (nSPS) is 10.8. The lowest BCUT2D eigenvalue weighted by molar-refractivity contribution is -0.114. The third-order valence-electron chi connectivity index (χ3n) is 4.16. The number of nitrogens with zero attached hydrogens (tertiary/aromatic N) is 4. The van der Waals surface area contributed by atoms with E-state index in [1.54, 1.807) is 48.5 Å². The van der Waals surface area contributed by atoms with Gasteiger partial charge in [-0.1, -0.05) is 23.9 Å². The number of halogens is 1. The number of anilines is 2. The minimum Gasteiger partial charge on any atom is -0.326 e. The standard InChI is InChI=1S/C21H17FN6O2S/c1-13(29)23-16-5-7-17(8-6-16)24-19(30)12-31-20-10-9-18-25-26-21(28(18)27-20)14-3-2-4-15(22)11-14/h2-11H,12H2,1H3,(H,23,29)(H,24,30). The van der Waals surface area contributed by atoms with Crippen LogP contribution in [-0.4, -0.2) is 37.4 Å². The number of carbonyl (C=O) groups excluding carboxylic acids is 2. The fourth-order valence-electron chi connectivity index (χ4n) is 2.83. The van der Waals surface area contributed by atoms with Crippen molar-refractivity contribution in [2.45, 2.75) is 11.9 Å². The minimum atomic E-state index is -0.374. The molecule has 10 heteroatoms. The molecule has 0 aliphatic rings. The molecule has 4 rings (SSSR count). The second kappa shape index (κ2) is 8.92. The average molecular weight is 436 g/mol. The highest BCUT2D eigenvalue weighted by molar-refractivity contribution is 7.99. The van der Waals surface area contributed by atoms with Crippen LogP contribution in [0.3, 0.4) is 0 Å².